The van der Waals surface area contributed by atoms with Crippen molar-refractivity contribution in [2.45, 2.75) is 70.4 Å². The number of hydrogen-bond acceptors (Lipinski definition) is 6. The van der Waals surface area contributed by atoms with Gasteiger partial charge < -0.3 is 15.2 Å². The van der Waals surface area contributed by atoms with Crippen molar-refractivity contribution in [1.82, 2.24) is 4.90 Å². The number of aryl methyl sites for hydroxylation is 1. The summed E-state index contributed by atoms with van der Waals surface area (Å²) >= 11 is 11.6. The lowest BCUT2D eigenvalue weighted by atomic mass is 9.55. The van der Waals surface area contributed by atoms with E-state index >= 15 is 0 Å². The number of halogens is 2. The van der Waals surface area contributed by atoms with Gasteiger partial charge in [-0.15, -0.1) is 23.2 Å². The third kappa shape index (κ3) is 5.11. The number of hydrogen-bond donors (Lipinski definition) is 1. The minimum Gasteiger partial charge on any atom is -0.461 e. The number of nitrogens with two attached hydrogens (primary N) is 1. The smallest absolute Gasteiger partial charge is 0.325 e. The summed E-state index contributed by atoms with van der Waals surface area (Å²) in [7, 11) is 0. The average Bonchev–Trinajstić information content (AvgIpc) is 3.14. The third-order valence-electron chi connectivity index (χ3n) is 8.40. The Balaban J connectivity index is 1.44. The molecule has 0 bridgehead atoms. The van der Waals surface area contributed by atoms with E-state index in [1.54, 1.807) is 11.8 Å². The van der Waals surface area contributed by atoms with Crippen LogP contribution in [0.4, 0.5) is 0 Å². The fraction of sp³-hybridized carbons (Fsp3) is 0.692. The second kappa shape index (κ2) is 10.7. The summed E-state index contributed by atoms with van der Waals surface area (Å²) in [5.74, 6) is 2.03. The summed E-state index contributed by atoms with van der Waals surface area (Å²) in [5, 5.41) is 0. The van der Waals surface area contributed by atoms with E-state index in [1.807, 2.05) is 12.1 Å². The van der Waals surface area contributed by atoms with Crippen LogP contribution in [0.25, 0.3) is 0 Å². The third-order valence-corrected chi connectivity index (χ3v) is 8.90. The van der Waals surface area contributed by atoms with Crippen molar-refractivity contribution in [1.29, 1.82) is 0 Å². The molecule has 0 amide bonds. The van der Waals surface area contributed by atoms with E-state index in [0.717, 1.165) is 38.5 Å². The van der Waals surface area contributed by atoms with Crippen molar-refractivity contribution < 1.29 is 19.1 Å². The number of fused-ring (bicyclic) bond motifs is 5. The fourth-order valence-electron chi connectivity index (χ4n) is 6.66. The molecule has 34 heavy (non-hydrogen) atoms. The van der Waals surface area contributed by atoms with Crippen LogP contribution in [0.1, 0.15) is 63.0 Å². The molecular weight excluding hydrogens is 475 g/mol. The van der Waals surface area contributed by atoms with Crippen LogP contribution in [0.15, 0.2) is 18.2 Å². The Kier molecular flexibility index (Phi) is 8.13. The molecule has 0 saturated heterocycles. The van der Waals surface area contributed by atoms with Crippen molar-refractivity contribution in [3.63, 3.8) is 0 Å². The quantitative estimate of drug-likeness (QED) is 0.241. The van der Waals surface area contributed by atoms with Crippen molar-refractivity contribution in [3.8, 4) is 5.75 Å². The first kappa shape index (κ1) is 25.7. The Morgan fingerprint density at radius 1 is 1.24 bits per heavy atom. The number of ether oxygens (including phenoxy) is 2. The van der Waals surface area contributed by atoms with Crippen LogP contribution in [0.5, 0.6) is 5.75 Å². The lowest BCUT2D eigenvalue weighted by Crippen LogP contribution is -2.46. The normalized spacial score (nSPS) is 30.8. The summed E-state index contributed by atoms with van der Waals surface area (Å²) in [6, 6.07) is 5.76. The highest BCUT2D eigenvalue weighted by Crippen LogP contribution is 2.61. The van der Waals surface area contributed by atoms with Crippen molar-refractivity contribution in [2.75, 3.05) is 25.0 Å². The standard InChI is InChI=1S/C26H36Cl2N2O4/c1-16(29)25(32)34-23-8-7-22-21-5-3-17-13-18(33-24(31)14-30(15-28)12-11-27)4-6-19(17)20(21)9-10-26(22,23)2/h4,6,13,16,20-23H,3,5,7-12,14-15,29H2,1-2H3/t16?,20-,21-,22+,23+,26-/m1/s1. The molecule has 1 aromatic carbocycles. The predicted molar refractivity (Wildman–Crippen MR) is 133 cm³/mol. The maximum Gasteiger partial charge on any atom is 0.325 e. The molecule has 6 atom stereocenters. The van der Waals surface area contributed by atoms with Gasteiger partial charge in [-0.25, -0.2) is 0 Å². The lowest BCUT2D eigenvalue weighted by molar-refractivity contribution is -0.158. The van der Waals surface area contributed by atoms with Gasteiger partial charge in [-0.05, 0) is 86.5 Å². The van der Waals surface area contributed by atoms with Gasteiger partial charge in [0.05, 0.1) is 12.5 Å². The van der Waals surface area contributed by atoms with Crippen molar-refractivity contribution in [2.24, 2.45) is 23.0 Å². The molecule has 0 aromatic heterocycles. The van der Waals surface area contributed by atoms with E-state index in [2.05, 4.69) is 13.0 Å². The van der Waals surface area contributed by atoms with Gasteiger partial charge in [-0.3, -0.25) is 14.5 Å². The monoisotopic (exact) mass is 510 g/mol. The highest BCUT2D eigenvalue weighted by atomic mass is 35.5. The molecule has 3 aliphatic carbocycles. The summed E-state index contributed by atoms with van der Waals surface area (Å²) in [4.78, 5) is 26.3. The Bertz CT molecular complexity index is 911. The average molecular weight is 511 g/mol. The molecule has 0 heterocycles. The van der Waals surface area contributed by atoms with Gasteiger partial charge >= 0.3 is 11.9 Å². The first-order chi connectivity index (χ1) is 16.3. The summed E-state index contributed by atoms with van der Waals surface area (Å²) < 4.78 is 11.5. The van der Waals surface area contributed by atoms with Gasteiger partial charge in [-0.1, -0.05) is 13.0 Å². The van der Waals surface area contributed by atoms with Crippen LogP contribution < -0.4 is 10.5 Å². The molecule has 0 aliphatic heterocycles. The van der Waals surface area contributed by atoms with Crippen molar-refractivity contribution >= 4 is 35.1 Å². The predicted octanol–water partition coefficient (Wildman–Crippen LogP) is 4.44. The van der Waals surface area contributed by atoms with Gasteiger partial charge in [0.2, 0.25) is 0 Å². The zero-order chi connectivity index (χ0) is 24.5. The largest absolute Gasteiger partial charge is 0.461 e. The van der Waals surface area contributed by atoms with Crippen LogP contribution in [-0.2, 0) is 20.7 Å². The van der Waals surface area contributed by atoms with Crippen LogP contribution in [0.3, 0.4) is 0 Å². The molecule has 8 heteroatoms. The van der Waals surface area contributed by atoms with Gasteiger partial charge in [0.25, 0.3) is 0 Å². The van der Waals surface area contributed by atoms with E-state index in [4.69, 9.17) is 38.4 Å². The second-order valence-corrected chi connectivity index (χ2v) is 11.1. The molecule has 2 N–H and O–H groups in total. The van der Waals surface area contributed by atoms with Crippen LogP contribution in [0, 0.1) is 17.3 Å². The molecule has 0 spiro atoms. The van der Waals surface area contributed by atoms with Crippen LogP contribution in [-0.4, -0.2) is 54.0 Å². The summed E-state index contributed by atoms with van der Waals surface area (Å²) in [5.41, 5.74) is 8.44. The Labute approximate surface area is 212 Å². The van der Waals surface area contributed by atoms with Gasteiger partial charge in [0.15, 0.2) is 0 Å². The Morgan fingerprint density at radius 2 is 2.03 bits per heavy atom. The number of esters is 2. The number of rotatable bonds is 8. The molecule has 4 rings (SSSR count). The summed E-state index contributed by atoms with van der Waals surface area (Å²) in [6.45, 7) is 4.66. The van der Waals surface area contributed by atoms with E-state index in [1.165, 1.54) is 11.1 Å². The topological polar surface area (TPSA) is 81.9 Å². The molecular formula is C26H36Cl2N2O4. The highest BCUT2D eigenvalue weighted by Gasteiger charge is 2.56. The van der Waals surface area contributed by atoms with Gasteiger partial charge in [0.1, 0.15) is 17.9 Å². The van der Waals surface area contributed by atoms with Crippen LogP contribution in [0.2, 0.25) is 0 Å². The number of carbonyl (C=O) groups excluding carboxylic acids is 2. The minimum atomic E-state index is -0.581. The summed E-state index contributed by atoms with van der Waals surface area (Å²) in [6.07, 6.45) is 6.19. The molecule has 2 fully saturated rings. The molecule has 3 aliphatic rings. The minimum absolute atomic E-state index is 0.0238. The van der Waals surface area contributed by atoms with Crippen molar-refractivity contribution in [3.05, 3.63) is 29.3 Å². The number of alkyl halides is 2. The van der Waals surface area contributed by atoms with Gasteiger partial charge in [0, 0.05) is 17.8 Å². The molecule has 6 nitrogen and oxygen atoms in total. The number of carbonyl (C=O) groups is 2. The fourth-order valence-corrected chi connectivity index (χ4v) is 7.11. The van der Waals surface area contributed by atoms with E-state index in [-0.39, 0.29) is 36.0 Å². The maximum absolute atomic E-state index is 12.4. The van der Waals surface area contributed by atoms with E-state index in [0.29, 0.717) is 35.9 Å². The first-order valence-electron chi connectivity index (χ1n) is 12.4. The number of benzene rings is 1. The Morgan fingerprint density at radius 3 is 2.74 bits per heavy atom. The SMILES string of the molecule is CC(N)C(=O)O[C@H]1CC[C@H]2[C@@H]3CCc4cc(OC(=O)CN(CCl)CCCl)ccc4[C@H]3CC[C@@]12C. The molecule has 2 saturated carbocycles. The molecule has 188 valence electrons. The lowest BCUT2D eigenvalue weighted by Gasteiger charge is -2.50. The number of nitrogens with zero attached hydrogens (tertiary/aromatic N) is 1. The molecule has 1 aromatic rings. The highest BCUT2D eigenvalue weighted by molar-refractivity contribution is 6.18. The first-order valence-corrected chi connectivity index (χ1v) is 13.5. The Hall–Kier alpha value is -1.34. The van der Waals surface area contributed by atoms with Gasteiger partial charge in [-0.2, -0.15) is 0 Å². The zero-order valence-corrected chi connectivity index (χ0v) is 21.6. The zero-order valence-electron chi connectivity index (χ0n) is 20.1. The van der Waals surface area contributed by atoms with E-state index < -0.39 is 6.04 Å². The maximum atomic E-state index is 12.4. The molecule has 1 unspecified atom stereocenters. The second-order valence-electron chi connectivity index (χ2n) is 10.4. The van der Waals surface area contributed by atoms with Crippen LogP contribution >= 0.6 is 23.2 Å². The van der Waals surface area contributed by atoms with E-state index in [9.17, 15) is 9.59 Å². The molecule has 0 radical (unpaired) electrons.